The molecule has 2 rings (SSSR count). The van der Waals surface area contributed by atoms with E-state index in [9.17, 15) is 4.79 Å². The van der Waals surface area contributed by atoms with Gasteiger partial charge in [-0.1, -0.05) is 5.21 Å². The lowest BCUT2D eigenvalue weighted by atomic mass is 10.1. The van der Waals surface area contributed by atoms with Gasteiger partial charge in [0.15, 0.2) is 0 Å². The number of nitrogens with zero attached hydrogens (tertiary/aromatic N) is 3. The van der Waals surface area contributed by atoms with Crippen molar-refractivity contribution in [2.24, 2.45) is 0 Å². The first-order valence-corrected chi connectivity index (χ1v) is 6.24. The maximum absolute atomic E-state index is 11.5. The first kappa shape index (κ1) is 13.9. The number of nitrogen functional groups attached to an aromatic ring is 1. The normalized spacial score (nSPS) is 10.3. The summed E-state index contributed by atoms with van der Waals surface area (Å²) in [5, 5.41) is 11.0. The number of ether oxygens (including phenoxy) is 1. The maximum Gasteiger partial charge on any atom is 0.337 e. The first-order valence-electron chi connectivity index (χ1n) is 6.24. The summed E-state index contributed by atoms with van der Waals surface area (Å²) in [5.74, 6) is -0.395. The van der Waals surface area contributed by atoms with Crippen LogP contribution in [0.3, 0.4) is 0 Å². The predicted molar refractivity (Wildman–Crippen MR) is 75.2 cm³/mol. The molecule has 1 aromatic carbocycles. The molecular weight excluding hydrogens is 258 g/mol. The van der Waals surface area contributed by atoms with E-state index in [0.29, 0.717) is 23.5 Å². The van der Waals surface area contributed by atoms with Gasteiger partial charge in [0.25, 0.3) is 0 Å². The zero-order valence-corrected chi connectivity index (χ0v) is 11.5. The Morgan fingerprint density at radius 3 is 3.00 bits per heavy atom. The Morgan fingerprint density at radius 2 is 2.30 bits per heavy atom. The van der Waals surface area contributed by atoms with Gasteiger partial charge in [-0.25, -0.2) is 9.48 Å². The highest BCUT2D eigenvalue weighted by atomic mass is 16.5. The van der Waals surface area contributed by atoms with Crippen LogP contribution in [0.2, 0.25) is 0 Å². The van der Waals surface area contributed by atoms with Gasteiger partial charge in [0.2, 0.25) is 0 Å². The van der Waals surface area contributed by atoms with Crippen molar-refractivity contribution in [2.45, 2.75) is 20.0 Å². The van der Waals surface area contributed by atoms with E-state index < -0.39 is 5.97 Å². The fourth-order valence-electron chi connectivity index (χ4n) is 1.82. The second kappa shape index (κ2) is 6.05. The summed E-state index contributed by atoms with van der Waals surface area (Å²) in [6, 6.07) is 4.97. The molecule has 0 bridgehead atoms. The van der Waals surface area contributed by atoms with Crippen molar-refractivity contribution in [2.75, 3.05) is 18.2 Å². The number of esters is 1. The number of methoxy groups -OCH3 is 1. The van der Waals surface area contributed by atoms with Crippen molar-refractivity contribution in [3.8, 4) is 0 Å². The molecule has 106 valence electrons. The van der Waals surface area contributed by atoms with Crippen molar-refractivity contribution < 1.29 is 9.53 Å². The van der Waals surface area contributed by atoms with Crippen molar-refractivity contribution >= 4 is 17.3 Å². The van der Waals surface area contributed by atoms with Crippen molar-refractivity contribution in [1.82, 2.24) is 15.0 Å². The lowest BCUT2D eigenvalue weighted by Crippen LogP contribution is -2.10. The van der Waals surface area contributed by atoms with E-state index in [-0.39, 0.29) is 0 Å². The Bertz CT molecular complexity index is 609. The quantitative estimate of drug-likeness (QED) is 0.630. The number of carbonyl (C=O) groups excluding carboxylic acids is 1. The second-order valence-electron chi connectivity index (χ2n) is 4.19. The zero-order chi connectivity index (χ0) is 14.5. The van der Waals surface area contributed by atoms with Crippen LogP contribution in [0.25, 0.3) is 0 Å². The van der Waals surface area contributed by atoms with Crippen LogP contribution >= 0.6 is 0 Å². The average Bonchev–Trinajstić information content (AvgIpc) is 2.93. The smallest absolute Gasteiger partial charge is 0.337 e. The molecule has 0 saturated carbocycles. The average molecular weight is 275 g/mol. The van der Waals surface area contributed by atoms with Gasteiger partial charge in [0, 0.05) is 6.54 Å². The summed E-state index contributed by atoms with van der Waals surface area (Å²) in [4.78, 5) is 11.5. The number of aryl methyl sites for hydroxylation is 1. The number of rotatable bonds is 5. The Kier molecular flexibility index (Phi) is 4.19. The van der Waals surface area contributed by atoms with Gasteiger partial charge >= 0.3 is 5.97 Å². The number of benzene rings is 1. The van der Waals surface area contributed by atoms with Crippen molar-refractivity contribution in [1.29, 1.82) is 0 Å². The number of aromatic nitrogens is 3. The van der Waals surface area contributed by atoms with Crippen LogP contribution in [0.5, 0.6) is 0 Å². The van der Waals surface area contributed by atoms with Crippen LogP contribution in [0.4, 0.5) is 11.4 Å². The molecule has 3 N–H and O–H groups in total. The lowest BCUT2D eigenvalue weighted by molar-refractivity contribution is 0.0601. The van der Waals surface area contributed by atoms with E-state index in [1.54, 1.807) is 29.1 Å². The molecular formula is C13H17N5O2. The summed E-state index contributed by atoms with van der Waals surface area (Å²) < 4.78 is 6.47. The monoisotopic (exact) mass is 275 g/mol. The molecule has 0 amide bonds. The third kappa shape index (κ3) is 2.87. The van der Waals surface area contributed by atoms with Crippen LogP contribution in [-0.2, 0) is 17.8 Å². The maximum atomic E-state index is 11.5. The van der Waals surface area contributed by atoms with Gasteiger partial charge in [-0.15, -0.1) is 5.10 Å². The molecule has 7 heteroatoms. The molecule has 2 aromatic rings. The molecule has 0 radical (unpaired) electrons. The predicted octanol–water partition coefficient (Wildman–Crippen LogP) is 1.28. The van der Waals surface area contributed by atoms with Crippen molar-refractivity contribution in [3.05, 3.63) is 35.7 Å². The molecule has 0 unspecified atom stereocenters. The number of hydrogen-bond donors (Lipinski definition) is 2. The number of carbonyl (C=O) groups is 1. The summed E-state index contributed by atoms with van der Waals surface area (Å²) in [6.07, 6.45) is 1.69. The van der Waals surface area contributed by atoms with Gasteiger partial charge in [-0.2, -0.15) is 0 Å². The molecule has 0 spiro atoms. The first-order chi connectivity index (χ1) is 9.65. The third-order valence-electron chi connectivity index (χ3n) is 2.93. The third-order valence-corrected chi connectivity index (χ3v) is 2.93. The van der Waals surface area contributed by atoms with Gasteiger partial charge in [-0.05, 0) is 25.1 Å². The lowest BCUT2D eigenvalue weighted by Gasteiger charge is -2.11. The van der Waals surface area contributed by atoms with Crippen LogP contribution < -0.4 is 11.1 Å². The van der Waals surface area contributed by atoms with Crippen LogP contribution in [0.15, 0.2) is 24.4 Å². The van der Waals surface area contributed by atoms with Gasteiger partial charge in [0.1, 0.15) is 0 Å². The molecule has 20 heavy (non-hydrogen) atoms. The topological polar surface area (TPSA) is 95.1 Å². The Labute approximate surface area is 116 Å². The summed E-state index contributed by atoms with van der Waals surface area (Å²) in [7, 11) is 1.34. The highest BCUT2D eigenvalue weighted by Crippen LogP contribution is 2.21. The number of anilines is 2. The molecule has 1 aromatic heterocycles. The molecule has 1 heterocycles. The number of nitrogens with one attached hydrogen (secondary N) is 1. The van der Waals surface area contributed by atoms with E-state index in [0.717, 1.165) is 12.2 Å². The van der Waals surface area contributed by atoms with E-state index in [1.165, 1.54) is 7.11 Å². The van der Waals surface area contributed by atoms with Crippen LogP contribution in [0, 0.1) is 0 Å². The Hall–Kier alpha value is -2.57. The van der Waals surface area contributed by atoms with Crippen LogP contribution in [-0.4, -0.2) is 28.1 Å². The highest BCUT2D eigenvalue weighted by molar-refractivity contribution is 5.91. The molecule has 0 atom stereocenters. The Morgan fingerprint density at radius 1 is 1.50 bits per heavy atom. The summed E-state index contributed by atoms with van der Waals surface area (Å²) in [5.41, 5.74) is 8.52. The van der Waals surface area contributed by atoms with Gasteiger partial charge in [-0.3, -0.25) is 0 Å². The standard InChI is InChI=1S/C13H17N5O2/c1-3-18-10(8-16-17-18)7-15-12-6-9(13(19)20-2)4-5-11(12)14/h4-6,8,15H,3,7,14H2,1-2H3. The molecule has 0 aliphatic carbocycles. The Balaban J connectivity index is 2.14. The second-order valence-corrected chi connectivity index (χ2v) is 4.19. The summed E-state index contributed by atoms with van der Waals surface area (Å²) >= 11 is 0. The molecule has 0 saturated heterocycles. The highest BCUT2D eigenvalue weighted by Gasteiger charge is 2.09. The molecule has 0 aliphatic heterocycles. The fourth-order valence-corrected chi connectivity index (χ4v) is 1.82. The zero-order valence-electron chi connectivity index (χ0n) is 11.5. The van der Waals surface area contributed by atoms with E-state index in [4.69, 9.17) is 5.73 Å². The van der Waals surface area contributed by atoms with E-state index in [2.05, 4.69) is 20.4 Å². The number of hydrogen-bond acceptors (Lipinski definition) is 6. The van der Waals surface area contributed by atoms with E-state index >= 15 is 0 Å². The number of nitrogens with two attached hydrogens (primary N) is 1. The largest absolute Gasteiger partial charge is 0.465 e. The molecule has 0 fully saturated rings. The van der Waals surface area contributed by atoms with Crippen LogP contribution in [0.1, 0.15) is 23.0 Å². The summed E-state index contributed by atoms with van der Waals surface area (Å²) in [6.45, 7) is 3.26. The SMILES string of the molecule is CCn1nncc1CNc1cc(C(=O)OC)ccc1N. The van der Waals surface area contributed by atoms with E-state index in [1.807, 2.05) is 6.92 Å². The molecule has 0 aliphatic rings. The van der Waals surface area contributed by atoms with Gasteiger partial charge < -0.3 is 15.8 Å². The minimum absolute atomic E-state index is 0.395. The minimum atomic E-state index is -0.395. The van der Waals surface area contributed by atoms with Crippen molar-refractivity contribution in [3.63, 3.8) is 0 Å². The fraction of sp³-hybridized carbons (Fsp3) is 0.308. The van der Waals surface area contributed by atoms with Gasteiger partial charge in [0.05, 0.1) is 42.5 Å². The molecule has 7 nitrogen and oxygen atoms in total. The minimum Gasteiger partial charge on any atom is -0.465 e.